The fraction of sp³-hybridized carbons (Fsp3) is 0.389. The lowest BCUT2D eigenvalue weighted by molar-refractivity contribution is 0.394. The van der Waals surface area contributed by atoms with Crippen LogP contribution < -0.4 is 15.4 Å². The fourth-order valence-corrected chi connectivity index (χ4v) is 3.23. The van der Waals surface area contributed by atoms with E-state index in [0.29, 0.717) is 17.7 Å². The van der Waals surface area contributed by atoms with E-state index in [1.165, 1.54) is 6.42 Å². The van der Waals surface area contributed by atoms with Crippen LogP contribution in [0.4, 0.5) is 5.82 Å². The standard InChI is InChI=1S/C18H22N6O/c1-12-16(21-13-6-5-8-19-10-13)22-17(23-18(12)25-2)14-11-20-24-9-4-3-7-15(14)24/h3-4,7,9,11,13,19H,5-6,8,10H2,1-2H3,(H,21,22,23)/t13-/m1/s1. The van der Waals surface area contributed by atoms with Crippen molar-refractivity contribution in [1.82, 2.24) is 24.9 Å². The highest BCUT2D eigenvalue weighted by Gasteiger charge is 2.19. The van der Waals surface area contributed by atoms with Gasteiger partial charge < -0.3 is 15.4 Å². The predicted octanol–water partition coefficient (Wildman–Crippen LogP) is 2.27. The van der Waals surface area contributed by atoms with Gasteiger partial charge in [-0.15, -0.1) is 0 Å². The van der Waals surface area contributed by atoms with Crippen molar-refractivity contribution < 1.29 is 4.74 Å². The molecule has 3 aromatic heterocycles. The second-order valence-electron chi connectivity index (χ2n) is 6.31. The van der Waals surface area contributed by atoms with Gasteiger partial charge >= 0.3 is 0 Å². The Morgan fingerprint density at radius 1 is 1.32 bits per heavy atom. The number of anilines is 1. The lowest BCUT2D eigenvalue weighted by Crippen LogP contribution is -2.38. The van der Waals surface area contributed by atoms with Gasteiger partial charge in [-0.1, -0.05) is 6.07 Å². The Morgan fingerprint density at radius 2 is 2.24 bits per heavy atom. The third-order valence-electron chi connectivity index (χ3n) is 4.60. The van der Waals surface area contributed by atoms with E-state index in [-0.39, 0.29) is 0 Å². The maximum atomic E-state index is 5.49. The SMILES string of the molecule is COc1nc(-c2cnn3ccccc23)nc(N[C@@H]2CCCNC2)c1C. The van der Waals surface area contributed by atoms with Gasteiger partial charge in [0, 0.05) is 18.8 Å². The summed E-state index contributed by atoms with van der Waals surface area (Å²) in [6.07, 6.45) is 6.01. The molecule has 7 nitrogen and oxygen atoms in total. The summed E-state index contributed by atoms with van der Waals surface area (Å²) in [7, 11) is 1.64. The van der Waals surface area contributed by atoms with Gasteiger partial charge in [-0.3, -0.25) is 0 Å². The number of nitrogens with zero attached hydrogens (tertiary/aromatic N) is 4. The minimum Gasteiger partial charge on any atom is -0.481 e. The minimum absolute atomic E-state index is 0.365. The maximum Gasteiger partial charge on any atom is 0.221 e. The van der Waals surface area contributed by atoms with E-state index in [1.807, 2.05) is 35.8 Å². The average Bonchev–Trinajstić information content (AvgIpc) is 3.08. The summed E-state index contributed by atoms with van der Waals surface area (Å²) in [4.78, 5) is 9.38. The lowest BCUT2D eigenvalue weighted by Gasteiger charge is -2.25. The Bertz CT molecular complexity index is 884. The molecule has 1 atom stereocenters. The molecule has 0 bridgehead atoms. The Morgan fingerprint density at radius 3 is 3.04 bits per heavy atom. The van der Waals surface area contributed by atoms with Crippen LogP contribution in [0.2, 0.25) is 0 Å². The highest BCUT2D eigenvalue weighted by Crippen LogP contribution is 2.29. The molecule has 0 saturated carbocycles. The summed E-state index contributed by atoms with van der Waals surface area (Å²) in [5.74, 6) is 2.03. The van der Waals surface area contributed by atoms with Gasteiger partial charge in [0.25, 0.3) is 0 Å². The van der Waals surface area contributed by atoms with Gasteiger partial charge in [-0.2, -0.15) is 10.1 Å². The van der Waals surface area contributed by atoms with Crippen LogP contribution in [0.5, 0.6) is 5.88 Å². The summed E-state index contributed by atoms with van der Waals surface area (Å²) >= 11 is 0. The molecular weight excluding hydrogens is 316 g/mol. The Kier molecular flexibility index (Phi) is 4.23. The zero-order chi connectivity index (χ0) is 17.2. The molecule has 7 heteroatoms. The van der Waals surface area contributed by atoms with Crippen molar-refractivity contribution in [2.75, 3.05) is 25.5 Å². The highest BCUT2D eigenvalue weighted by atomic mass is 16.5. The van der Waals surface area contributed by atoms with Gasteiger partial charge in [0.1, 0.15) is 5.82 Å². The van der Waals surface area contributed by atoms with Crippen LogP contribution in [0.15, 0.2) is 30.6 Å². The van der Waals surface area contributed by atoms with Crippen molar-refractivity contribution >= 4 is 11.3 Å². The van der Waals surface area contributed by atoms with Gasteiger partial charge in [0.15, 0.2) is 5.82 Å². The van der Waals surface area contributed by atoms with Crippen LogP contribution in [0.1, 0.15) is 18.4 Å². The van der Waals surface area contributed by atoms with Crippen LogP contribution in [0, 0.1) is 6.92 Å². The van der Waals surface area contributed by atoms with E-state index >= 15 is 0 Å². The first-order valence-corrected chi connectivity index (χ1v) is 8.59. The second kappa shape index (κ2) is 6.68. The number of rotatable bonds is 4. The van der Waals surface area contributed by atoms with Gasteiger partial charge in [0.2, 0.25) is 5.88 Å². The van der Waals surface area contributed by atoms with Gasteiger partial charge in [-0.25, -0.2) is 9.50 Å². The molecule has 25 heavy (non-hydrogen) atoms. The number of ether oxygens (including phenoxy) is 1. The molecule has 1 fully saturated rings. The number of pyridine rings is 1. The van der Waals surface area contributed by atoms with E-state index in [2.05, 4.69) is 20.7 Å². The number of piperidine rings is 1. The molecule has 3 aromatic rings. The molecule has 2 N–H and O–H groups in total. The highest BCUT2D eigenvalue weighted by molar-refractivity contribution is 5.76. The summed E-state index contributed by atoms with van der Waals surface area (Å²) in [5, 5.41) is 11.4. The quantitative estimate of drug-likeness (QED) is 0.760. The Balaban J connectivity index is 1.76. The first-order chi connectivity index (χ1) is 12.3. The third-order valence-corrected chi connectivity index (χ3v) is 4.60. The fourth-order valence-electron chi connectivity index (χ4n) is 3.23. The monoisotopic (exact) mass is 338 g/mol. The molecule has 0 aromatic carbocycles. The van der Waals surface area contributed by atoms with E-state index in [1.54, 1.807) is 13.3 Å². The first kappa shape index (κ1) is 15.8. The van der Waals surface area contributed by atoms with Gasteiger partial charge in [0.05, 0.1) is 30.0 Å². The molecule has 1 saturated heterocycles. The van der Waals surface area contributed by atoms with E-state index < -0.39 is 0 Å². The van der Waals surface area contributed by atoms with Crippen LogP contribution in [-0.4, -0.2) is 45.8 Å². The lowest BCUT2D eigenvalue weighted by atomic mass is 10.1. The number of aromatic nitrogens is 4. The molecule has 1 aliphatic heterocycles. The summed E-state index contributed by atoms with van der Waals surface area (Å²) in [6.45, 7) is 4.01. The van der Waals surface area contributed by atoms with Crippen molar-refractivity contribution in [2.45, 2.75) is 25.8 Å². The van der Waals surface area contributed by atoms with Crippen molar-refractivity contribution in [3.05, 3.63) is 36.2 Å². The van der Waals surface area contributed by atoms with Crippen LogP contribution >= 0.6 is 0 Å². The average molecular weight is 338 g/mol. The topological polar surface area (TPSA) is 76.4 Å². The van der Waals surface area contributed by atoms with Crippen molar-refractivity contribution in [3.8, 4) is 17.3 Å². The second-order valence-corrected chi connectivity index (χ2v) is 6.31. The molecule has 4 rings (SSSR count). The van der Waals surface area contributed by atoms with Crippen LogP contribution in [-0.2, 0) is 0 Å². The third kappa shape index (κ3) is 3.02. The number of hydrogen-bond donors (Lipinski definition) is 2. The summed E-state index contributed by atoms with van der Waals surface area (Å²) in [6, 6.07) is 6.31. The number of fused-ring (bicyclic) bond motifs is 1. The maximum absolute atomic E-state index is 5.49. The molecule has 0 spiro atoms. The smallest absolute Gasteiger partial charge is 0.221 e. The first-order valence-electron chi connectivity index (χ1n) is 8.59. The molecule has 1 aliphatic rings. The largest absolute Gasteiger partial charge is 0.481 e. The summed E-state index contributed by atoms with van der Waals surface area (Å²) < 4.78 is 7.31. The molecule has 0 radical (unpaired) electrons. The zero-order valence-corrected chi connectivity index (χ0v) is 14.5. The van der Waals surface area contributed by atoms with E-state index in [9.17, 15) is 0 Å². The molecule has 130 valence electrons. The zero-order valence-electron chi connectivity index (χ0n) is 14.5. The van der Waals surface area contributed by atoms with Crippen LogP contribution in [0.25, 0.3) is 16.9 Å². The Hall–Kier alpha value is -2.67. The van der Waals surface area contributed by atoms with E-state index in [0.717, 1.165) is 42.0 Å². The summed E-state index contributed by atoms with van der Waals surface area (Å²) in [5.41, 5.74) is 2.79. The van der Waals surface area contributed by atoms with Crippen molar-refractivity contribution in [3.63, 3.8) is 0 Å². The van der Waals surface area contributed by atoms with Crippen molar-refractivity contribution in [2.24, 2.45) is 0 Å². The molecule has 0 aliphatic carbocycles. The van der Waals surface area contributed by atoms with E-state index in [4.69, 9.17) is 9.72 Å². The molecule has 4 heterocycles. The predicted molar refractivity (Wildman–Crippen MR) is 97.0 cm³/mol. The van der Waals surface area contributed by atoms with Crippen LogP contribution in [0.3, 0.4) is 0 Å². The molecule has 0 unspecified atom stereocenters. The number of methoxy groups -OCH3 is 1. The van der Waals surface area contributed by atoms with Gasteiger partial charge in [-0.05, 0) is 38.4 Å². The number of hydrogen-bond acceptors (Lipinski definition) is 6. The molecular formula is C18H22N6O. The van der Waals surface area contributed by atoms with Crippen molar-refractivity contribution in [1.29, 1.82) is 0 Å². The Labute approximate surface area is 146 Å². The minimum atomic E-state index is 0.365. The molecule has 0 amide bonds. The normalized spacial score (nSPS) is 17.6. The number of nitrogens with one attached hydrogen (secondary N) is 2.